The summed E-state index contributed by atoms with van der Waals surface area (Å²) in [5.74, 6) is -0.491. The molecule has 0 saturated carbocycles. The molecule has 1 aliphatic carbocycles. The number of ether oxygens (including phenoxy) is 1. The molecule has 2 aromatic rings. The molecule has 0 aromatic heterocycles. The quantitative estimate of drug-likeness (QED) is 0.836. The molecule has 0 fully saturated rings. The molecule has 0 radical (unpaired) electrons. The maximum Gasteiger partial charge on any atom is 0.338 e. The molecule has 2 aromatic carbocycles. The average molecular weight is 337 g/mol. The van der Waals surface area contributed by atoms with Gasteiger partial charge >= 0.3 is 5.97 Å². The van der Waals surface area contributed by atoms with E-state index < -0.39 is 5.97 Å². The Hall–Kier alpha value is -2.62. The van der Waals surface area contributed by atoms with Crippen LogP contribution < -0.4 is 5.32 Å². The first-order valence-corrected chi connectivity index (χ1v) is 8.72. The Morgan fingerprint density at radius 1 is 1.08 bits per heavy atom. The van der Waals surface area contributed by atoms with Crippen molar-refractivity contribution in [2.45, 2.75) is 39.0 Å². The summed E-state index contributed by atoms with van der Waals surface area (Å²) in [6, 6.07) is 13.3. The topological polar surface area (TPSA) is 55.4 Å². The van der Waals surface area contributed by atoms with E-state index in [0.717, 1.165) is 30.5 Å². The van der Waals surface area contributed by atoms with E-state index in [4.69, 9.17) is 4.74 Å². The lowest BCUT2D eigenvalue weighted by atomic mass is 10.0. The number of fused-ring (bicyclic) bond motifs is 1. The van der Waals surface area contributed by atoms with Gasteiger partial charge in [0.1, 0.15) is 0 Å². The minimum Gasteiger partial charge on any atom is -0.452 e. The first kappa shape index (κ1) is 17.2. The summed E-state index contributed by atoms with van der Waals surface area (Å²) in [4.78, 5) is 24.3. The highest BCUT2D eigenvalue weighted by molar-refractivity contribution is 5.96. The molecular formula is C21H23NO3. The summed E-state index contributed by atoms with van der Waals surface area (Å²) in [5, 5.41) is 2.82. The van der Waals surface area contributed by atoms with Crippen molar-refractivity contribution in [1.29, 1.82) is 0 Å². The zero-order chi connectivity index (χ0) is 17.8. The summed E-state index contributed by atoms with van der Waals surface area (Å²) in [5.41, 5.74) is 4.84. The normalized spacial score (nSPS) is 12.8. The Kier molecular flexibility index (Phi) is 5.17. The van der Waals surface area contributed by atoms with Crippen LogP contribution in [-0.4, -0.2) is 18.5 Å². The highest BCUT2D eigenvalue weighted by Gasteiger charge is 2.16. The number of aryl methyl sites for hydroxylation is 2. The van der Waals surface area contributed by atoms with E-state index in [1.54, 1.807) is 6.07 Å². The minimum absolute atomic E-state index is 0.289. The summed E-state index contributed by atoms with van der Waals surface area (Å²) in [7, 11) is 0. The molecule has 0 aliphatic heterocycles. The fourth-order valence-electron chi connectivity index (χ4n) is 3.21. The van der Waals surface area contributed by atoms with E-state index >= 15 is 0 Å². The van der Waals surface area contributed by atoms with Crippen LogP contribution in [0.4, 0.5) is 5.69 Å². The lowest BCUT2D eigenvalue weighted by Crippen LogP contribution is -2.21. The number of amides is 1. The number of anilines is 1. The van der Waals surface area contributed by atoms with Crippen LogP contribution in [-0.2, 0) is 22.4 Å². The number of carbonyl (C=O) groups is 2. The van der Waals surface area contributed by atoms with Crippen LogP contribution in [0.2, 0.25) is 0 Å². The molecule has 4 heteroatoms. The molecule has 130 valence electrons. The Morgan fingerprint density at radius 3 is 2.64 bits per heavy atom. The monoisotopic (exact) mass is 337 g/mol. The van der Waals surface area contributed by atoms with Crippen LogP contribution in [0.15, 0.2) is 42.5 Å². The summed E-state index contributed by atoms with van der Waals surface area (Å²) < 4.78 is 5.17. The van der Waals surface area contributed by atoms with Crippen molar-refractivity contribution in [1.82, 2.24) is 0 Å². The predicted molar refractivity (Wildman–Crippen MR) is 97.9 cm³/mol. The SMILES string of the molecule is CC(C)c1ccccc1NC(=O)COC(=O)c1ccc2c(c1)CCC2. The molecule has 4 nitrogen and oxygen atoms in total. The number of carbonyl (C=O) groups excluding carboxylic acids is 2. The van der Waals surface area contributed by atoms with E-state index in [-0.39, 0.29) is 12.5 Å². The number of benzene rings is 2. The van der Waals surface area contributed by atoms with E-state index in [1.807, 2.05) is 36.4 Å². The second-order valence-corrected chi connectivity index (χ2v) is 6.70. The second-order valence-electron chi connectivity index (χ2n) is 6.70. The van der Waals surface area contributed by atoms with E-state index in [9.17, 15) is 9.59 Å². The van der Waals surface area contributed by atoms with Gasteiger partial charge in [-0.3, -0.25) is 4.79 Å². The van der Waals surface area contributed by atoms with Crippen molar-refractivity contribution in [3.05, 3.63) is 64.7 Å². The molecular weight excluding hydrogens is 314 g/mol. The van der Waals surface area contributed by atoms with Crippen LogP contribution in [0.5, 0.6) is 0 Å². The van der Waals surface area contributed by atoms with Crippen LogP contribution >= 0.6 is 0 Å². The van der Waals surface area contributed by atoms with Gasteiger partial charge in [0.05, 0.1) is 5.56 Å². The fraction of sp³-hybridized carbons (Fsp3) is 0.333. The summed E-state index contributed by atoms with van der Waals surface area (Å²) in [6.07, 6.45) is 3.21. The molecule has 0 saturated heterocycles. The predicted octanol–water partition coefficient (Wildman–Crippen LogP) is 4.09. The number of nitrogens with one attached hydrogen (secondary N) is 1. The standard InChI is InChI=1S/C21H23NO3/c1-14(2)18-8-3-4-9-19(18)22-20(23)13-25-21(24)17-11-10-15-6-5-7-16(15)12-17/h3-4,8-12,14H,5-7,13H2,1-2H3,(H,22,23). The largest absolute Gasteiger partial charge is 0.452 e. The van der Waals surface area contributed by atoms with Gasteiger partial charge in [-0.25, -0.2) is 4.79 Å². The van der Waals surface area contributed by atoms with Gasteiger partial charge in [-0.05, 0) is 60.1 Å². The molecule has 3 rings (SSSR count). The van der Waals surface area contributed by atoms with Crippen LogP contribution in [0.1, 0.15) is 53.2 Å². The van der Waals surface area contributed by atoms with Gasteiger partial charge in [-0.1, -0.05) is 38.1 Å². The van der Waals surface area contributed by atoms with Crippen LogP contribution in [0.25, 0.3) is 0 Å². The summed E-state index contributed by atoms with van der Waals surface area (Å²) >= 11 is 0. The maximum absolute atomic E-state index is 12.2. The third kappa shape index (κ3) is 4.08. The number of hydrogen-bond acceptors (Lipinski definition) is 3. The van der Waals surface area contributed by atoms with Crippen molar-refractivity contribution in [3.63, 3.8) is 0 Å². The van der Waals surface area contributed by atoms with Gasteiger partial charge in [0.2, 0.25) is 0 Å². The Bertz CT molecular complexity index is 795. The molecule has 0 unspecified atom stereocenters. The van der Waals surface area contributed by atoms with Crippen molar-refractivity contribution in [2.24, 2.45) is 0 Å². The van der Waals surface area contributed by atoms with Crippen molar-refractivity contribution < 1.29 is 14.3 Å². The van der Waals surface area contributed by atoms with Gasteiger partial charge in [-0.15, -0.1) is 0 Å². The number of hydrogen-bond donors (Lipinski definition) is 1. The van der Waals surface area contributed by atoms with Crippen LogP contribution in [0, 0.1) is 0 Å². The highest BCUT2D eigenvalue weighted by Crippen LogP contribution is 2.24. The lowest BCUT2D eigenvalue weighted by molar-refractivity contribution is -0.119. The highest BCUT2D eigenvalue weighted by atomic mass is 16.5. The average Bonchev–Trinajstić information content (AvgIpc) is 3.07. The van der Waals surface area contributed by atoms with Crippen LogP contribution in [0.3, 0.4) is 0 Å². The zero-order valence-corrected chi connectivity index (χ0v) is 14.7. The molecule has 1 N–H and O–H groups in total. The minimum atomic E-state index is -0.456. The van der Waals surface area contributed by atoms with E-state index in [0.29, 0.717) is 11.5 Å². The van der Waals surface area contributed by atoms with E-state index in [1.165, 1.54) is 11.1 Å². The van der Waals surface area contributed by atoms with Gasteiger partial charge in [0.15, 0.2) is 6.61 Å². The molecule has 0 heterocycles. The molecule has 1 aliphatic rings. The fourth-order valence-corrected chi connectivity index (χ4v) is 3.21. The number of esters is 1. The molecule has 0 spiro atoms. The molecule has 0 bridgehead atoms. The van der Waals surface area contributed by atoms with Crippen molar-refractivity contribution in [2.75, 3.05) is 11.9 Å². The maximum atomic E-state index is 12.2. The van der Waals surface area contributed by atoms with Gasteiger partial charge in [0, 0.05) is 5.69 Å². The Balaban J connectivity index is 1.58. The third-order valence-electron chi connectivity index (χ3n) is 4.53. The van der Waals surface area contributed by atoms with E-state index in [2.05, 4.69) is 19.2 Å². The first-order valence-electron chi connectivity index (χ1n) is 8.72. The Morgan fingerprint density at radius 2 is 1.84 bits per heavy atom. The van der Waals surface area contributed by atoms with Gasteiger partial charge < -0.3 is 10.1 Å². The third-order valence-corrected chi connectivity index (χ3v) is 4.53. The van der Waals surface area contributed by atoms with Gasteiger partial charge in [-0.2, -0.15) is 0 Å². The second kappa shape index (κ2) is 7.51. The van der Waals surface area contributed by atoms with Crippen molar-refractivity contribution in [3.8, 4) is 0 Å². The first-order chi connectivity index (χ1) is 12.0. The smallest absolute Gasteiger partial charge is 0.338 e. The lowest BCUT2D eigenvalue weighted by Gasteiger charge is -2.13. The molecule has 1 amide bonds. The molecule has 25 heavy (non-hydrogen) atoms. The number of para-hydroxylation sites is 1. The molecule has 0 atom stereocenters. The summed E-state index contributed by atoms with van der Waals surface area (Å²) in [6.45, 7) is 3.85. The number of rotatable bonds is 5. The zero-order valence-electron chi connectivity index (χ0n) is 14.7. The van der Waals surface area contributed by atoms with Gasteiger partial charge in [0.25, 0.3) is 5.91 Å². The Labute approximate surface area is 148 Å². The van der Waals surface area contributed by atoms with Crippen molar-refractivity contribution >= 4 is 17.6 Å².